The topological polar surface area (TPSA) is 158 Å². The number of carbonyl (C=O) groups excluding carboxylic acids is 2. The SMILES string of the molecule is CNC(=O)c1c(-c2ccc(F)cc2)oc2cc(N(C)S(C)(=O)=O)c(-c3ccc(OC)c(-c4nc5cc(C(N)=O)ccc5o4)c3)cc12. The van der Waals surface area contributed by atoms with Gasteiger partial charge in [0.15, 0.2) is 5.58 Å². The number of amides is 2. The first kappa shape index (κ1) is 30.3. The zero-order chi connectivity index (χ0) is 32.9. The highest BCUT2D eigenvalue weighted by Crippen LogP contribution is 2.43. The Kier molecular flexibility index (Phi) is 7.48. The molecular weight excluding hydrogens is 615 g/mol. The molecule has 2 aromatic heterocycles. The van der Waals surface area contributed by atoms with Crippen molar-refractivity contribution in [3.8, 4) is 39.7 Å². The van der Waals surface area contributed by atoms with Gasteiger partial charge in [-0.25, -0.2) is 17.8 Å². The maximum atomic E-state index is 13.7. The van der Waals surface area contributed by atoms with Crippen LogP contribution in [0.4, 0.5) is 10.1 Å². The van der Waals surface area contributed by atoms with Crippen LogP contribution in [0.5, 0.6) is 5.75 Å². The normalized spacial score (nSPS) is 11.6. The van der Waals surface area contributed by atoms with Gasteiger partial charge in [-0.15, -0.1) is 0 Å². The smallest absolute Gasteiger partial charge is 0.255 e. The largest absolute Gasteiger partial charge is 0.496 e. The van der Waals surface area contributed by atoms with Gasteiger partial charge in [-0.3, -0.25) is 13.9 Å². The van der Waals surface area contributed by atoms with Crippen molar-refractivity contribution in [3.63, 3.8) is 0 Å². The number of fused-ring (bicyclic) bond motifs is 2. The summed E-state index contributed by atoms with van der Waals surface area (Å²) in [5, 5.41) is 3.03. The second-order valence-electron chi connectivity index (χ2n) is 10.5. The van der Waals surface area contributed by atoms with Crippen LogP contribution in [0.2, 0.25) is 0 Å². The summed E-state index contributed by atoms with van der Waals surface area (Å²) in [6, 6.07) is 18.5. The van der Waals surface area contributed by atoms with E-state index >= 15 is 0 Å². The molecule has 2 heterocycles. The van der Waals surface area contributed by atoms with Crippen LogP contribution < -0.4 is 20.1 Å². The van der Waals surface area contributed by atoms with Gasteiger partial charge >= 0.3 is 0 Å². The number of oxazole rings is 1. The van der Waals surface area contributed by atoms with E-state index in [9.17, 15) is 22.4 Å². The molecule has 0 aliphatic carbocycles. The van der Waals surface area contributed by atoms with Crippen molar-refractivity contribution in [2.75, 3.05) is 31.8 Å². The van der Waals surface area contributed by atoms with Gasteiger partial charge in [-0.05, 0) is 66.2 Å². The van der Waals surface area contributed by atoms with Gasteiger partial charge in [0.05, 0.1) is 30.2 Å². The fraction of sp³-hybridized carbons (Fsp3) is 0.121. The van der Waals surface area contributed by atoms with Crippen LogP contribution in [0.3, 0.4) is 0 Å². The number of aromatic nitrogens is 1. The number of halogens is 1. The number of nitrogens with one attached hydrogen (secondary N) is 1. The first-order valence-electron chi connectivity index (χ1n) is 13.8. The molecule has 11 nitrogen and oxygen atoms in total. The summed E-state index contributed by atoms with van der Waals surface area (Å²) in [5.41, 5.74) is 9.07. The highest BCUT2D eigenvalue weighted by atomic mass is 32.2. The van der Waals surface area contributed by atoms with Crippen molar-refractivity contribution in [3.05, 3.63) is 89.7 Å². The zero-order valence-electron chi connectivity index (χ0n) is 25.0. The van der Waals surface area contributed by atoms with Gasteiger partial charge in [0.25, 0.3) is 5.91 Å². The average molecular weight is 643 g/mol. The van der Waals surface area contributed by atoms with E-state index in [-0.39, 0.29) is 34.0 Å². The molecule has 4 aromatic carbocycles. The summed E-state index contributed by atoms with van der Waals surface area (Å²) in [6.45, 7) is 0. The molecule has 0 saturated carbocycles. The number of furan rings is 1. The van der Waals surface area contributed by atoms with Crippen LogP contribution in [-0.2, 0) is 10.0 Å². The molecule has 0 radical (unpaired) electrons. The monoisotopic (exact) mass is 642 g/mol. The quantitative estimate of drug-likeness (QED) is 0.218. The van der Waals surface area contributed by atoms with Crippen LogP contribution in [0.1, 0.15) is 20.7 Å². The lowest BCUT2D eigenvalue weighted by molar-refractivity contribution is 0.0963. The van der Waals surface area contributed by atoms with Gasteiger partial charge in [0.2, 0.25) is 21.8 Å². The number of sulfonamides is 1. The second-order valence-corrected chi connectivity index (χ2v) is 12.5. The van der Waals surface area contributed by atoms with Gasteiger partial charge < -0.3 is 24.6 Å². The Bertz CT molecular complexity index is 2290. The number of nitrogens with zero attached hydrogens (tertiary/aromatic N) is 2. The maximum absolute atomic E-state index is 13.7. The molecule has 46 heavy (non-hydrogen) atoms. The van der Waals surface area contributed by atoms with Gasteiger partial charge in [0, 0.05) is 42.2 Å². The zero-order valence-corrected chi connectivity index (χ0v) is 25.9. The number of carbonyl (C=O) groups is 2. The number of anilines is 1. The number of primary amides is 1. The van der Waals surface area contributed by atoms with E-state index in [2.05, 4.69) is 10.3 Å². The first-order valence-corrected chi connectivity index (χ1v) is 15.7. The van der Waals surface area contributed by atoms with Gasteiger partial charge in [0.1, 0.15) is 28.4 Å². The molecule has 2 amide bonds. The molecule has 0 aliphatic heterocycles. The fourth-order valence-corrected chi connectivity index (χ4v) is 5.70. The van der Waals surface area contributed by atoms with Crippen molar-refractivity contribution in [2.45, 2.75) is 0 Å². The minimum absolute atomic E-state index is 0.183. The lowest BCUT2D eigenvalue weighted by atomic mass is 9.97. The van der Waals surface area contributed by atoms with Crippen LogP contribution in [-0.4, -0.2) is 52.7 Å². The van der Waals surface area contributed by atoms with E-state index in [0.717, 1.165) is 10.6 Å². The van der Waals surface area contributed by atoms with E-state index in [1.165, 1.54) is 57.6 Å². The van der Waals surface area contributed by atoms with Crippen LogP contribution in [0.25, 0.3) is 56.0 Å². The van der Waals surface area contributed by atoms with E-state index in [1.54, 1.807) is 36.4 Å². The van der Waals surface area contributed by atoms with Crippen LogP contribution in [0.15, 0.2) is 81.6 Å². The summed E-state index contributed by atoms with van der Waals surface area (Å²) in [4.78, 5) is 29.5. The van der Waals surface area contributed by atoms with Gasteiger partial charge in [-0.2, -0.15) is 0 Å². The van der Waals surface area contributed by atoms with Crippen LogP contribution >= 0.6 is 0 Å². The molecule has 0 fully saturated rings. The summed E-state index contributed by atoms with van der Waals surface area (Å²) in [6.07, 6.45) is 1.07. The summed E-state index contributed by atoms with van der Waals surface area (Å²) >= 11 is 0. The third-order valence-electron chi connectivity index (χ3n) is 7.62. The van der Waals surface area contributed by atoms with E-state index in [0.29, 0.717) is 44.5 Å². The predicted molar refractivity (Wildman–Crippen MR) is 172 cm³/mol. The first-order chi connectivity index (χ1) is 21.9. The number of rotatable bonds is 8. The van der Waals surface area contributed by atoms with Crippen molar-refractivity contribution in [2.24, 2.45) is 5.73 Å². The Labute approximate surface area is 262 Å². The van der Waals surface area contributed by atoms with Crippen molar-refractivity contribution < 1.29 is 36.0 Å². The molecule has 0 aliphatic rings. The number of hydrogen-bond donors (Lipinski definition) is 2. The molecule has 6 aromatic rings. The lowest BCUT2D eigenvalue weighted by Crippen LogP contribution is -2.25. The number of nitrogens with two attached hydrogens (primary N) is 1. The standard InChI is InChI=1S/C33H27FN4O7S/c1-36-32(40)29-22-15-21(25(38(2)46(4,41)42)16-28(22)44-30(29)17-5-9-20(34)10-6-17)18-7-11-26(43-3)23(13-18)33-37-24-14-19(31(35)39)8-12-27(24)45-33/h5-16H,1-4H3,(H2,35,39)(H,36,40). The predicted octanol–water partition coefficient (Wildman–Crippen LogP) is 5.58. The van der Waals surface area contributed by atoms with E-state index in [1.807, 2.05) is 0 Å². The van der Waals surface area contributed by atoms with Crippen molar-refractivity contribution in [1.29, 1.82) is 0 Å². The Hall–Kier alpha value is -5.69. The molecule has 0 spiro atoms. The Morgan fingerprint density at radius 3 is 2.30 bits per heavy atom. The molecule has 234 valence electrons. The third kappa shape index (κ3) is 5.30. The molecule has 0 bridgehead atoms. The average Bonchev–Trinajstić information content (AvgIpc) is 3.64. The Morgan fingerprint density at radius 2 is 1.65 bits per heavy atom. The van der Waals surface area contributed by atoms with E-state index < -0.39 is 27.7 Å². The Balaban J connectivity index is 1.61. The minimum Gasteiger partial charge on any atom is -0.496 e. The molecule has 13 heteroatoms. The molecule has 3 N–H and O–H groups in total. The number of ether oxygens (including phenoxy) is 1. The lowest BCUT2D eigenvalue weighted by Gasteiger charge is -2.21. The highest BCUT2D eigenvalue weighted by molar-refractivity contribution is 7.92. The van der Waals surface area contributed by atoms with Crippen molar-refractivity contribution in [1.82, 2.24) is 10.3 Å². The second kappa shape index (κ2) is 11.3. The Morgan fingerprint density at radius 1 is 0.935 bits per heavy atom. The molecule has 0 unspecified atom stereocenters. The van der Waals surface area contributed by atoms with Crippen LogP contribution in [0, 0.1) is 5.82 Å². The minimum atomic E-state index is -3.76. The number of hydrogen-bond acceptors (Lipinski definition) is 8. The molecule has 0 saturated heterocycles. The third-order valence-corrected chi connectivity index (χ3v) is 8.81. The number of methoxy groups -OCH3 is 1. The van der Waals surface area contributed by atoms with E-state index in [4.69, 9.17) is 19.3 Å². The summed E-state index contributed by atoms with van der Waals surface area (Å²) in [5.74, 6) is -0.729. The summed E-state index contributed by atoms with van der Waals surface area (Å²) < 4.78 is 58.2. The molecule has 6 rings (SSSR count). The number of benzene rings is 4. The van der Waals surface area contributed by atoms with Crippen molar-refractivity contribution >= 4 is 49.6 Å². The molecule has 0 atom stereocenters. The fourth-order valence-electron chi connectivity index (χ4n) is 5.20. The maximum Gasteiger partial charge on any atom is 0.255 e. The highest BCUT2D eigenvalue weighted by Gasteiger charge is 2.27. The summed E-state index contributed by atoms with van der Waals surface area (Å²) in [7, 11) is 0.608. The molecular formula is C33H27FN4O7S. The van der Waals surface area contributed by atoms with Gasteiger partial charge in [-0.1, -0.05) is 6.07 Å².